The SMILES string of the molecule is COc1cccc(NC(=O)NCC2(O)CCC2)c1. The number of rotatable bonds is 4. The Bertz CT molecular complexity index is 430. The Kier molecular flexibility index (Phi) is 3.72. The smallest absolute Gasteiger partial charge is 0.319 e. The lowest BCUT2D eigenvalue weighted by Gasteiger charge is -2.36. The van der Waals surface area contributed by atoms with Crippen LogP contribution >= 0.6 is 0 Å². The van der Waals surface area contributed by atoms with Crippen LogP contribution in [0.2, 0.25) is 0 Å². The fourth-order valence-electron chi connectivity index (χ4n) is 1.88. The molecule has 0 aliphatic heterocycles. The average Bonchev–Trinajstić information content (AvgIpc) is 2.34. The van der Waals surface area contributed by atoms with Crippen LogP contribution < -0.4 is 15.4 Å². The zero-order valence-corrected chi connectivity index (χ0v) is 10.4. The number of carbonyl (C=O) groups excluding carboxylic acids is 1. The third-order valence-corrected chi connectivity index (χ3v) is 3.19. The number of carbonyl (C=O) groups is 1. The maximum atomic E-state index is 11.6. The maximum absolute atomic E-state index is 11.6. The molecule has 98 valence electrons. The van der Waals surface area contributed by atoms with E-state index in [0.29, 0.717) is 18.0 Å². The summed E-state index contributed by atoms with van der Waals surface area (Å²) in [6.45, 7) is 0.294. The van der Waals surface area contributed by atoms with E-state index in [-0.39, 0.29) is 6.03 Å². The number of methoxy groups -OCH3 is 1. The quantitative estimate of drug-likeness (QED) is 0.762. The summed E-state index contributed by atoms with van der Waals surface area (Å²) in [4.78, 5) is 11.6. The van der Waals surface area contributed by atoms with Gasteiger partial charge in [0.05, 0.1) is 12.7 Å². The van der Waals surface area contributed by atoms with Gasteiger partial charge < -0.3 is 20.5 Å². The molecule has 0 atom stereocenters. The molecule has 1 aromatic carbocycles. The molecule has 5 nitrogen and oxygen atoms in total. The first kappa shape index (κ1) is 12.7. The summed E-state index contributed by atoms with van der Waals surface area (Å²) in [6, 6.07) is 6.80. The van der Waals surface area contributed by atoms with Gasteiger partial charge >= 0.3 is 6.03 Å². The summed E-state index contributed by atoms with van der Waals surface area (Å²) < 4.78 is 5.07. The van der Waals surface area contributed by atoms with Crippen LogP contribution in [0.5, 0.6) is 5.75 Å². The summed E-state index contributed by atoms with van der Waals surface area (Å²) in [5, 5.41) is 15.2. The second-order valence-electron chi connectivity index (χ2n) is 4.62. The van der Waals surface area contributed by atoms with Gasteiger partial charge in [0, 0.05) is 18.3 Å². The lowest BCUT2D eigenvalue weighted by atomic mass is 9.80. The van der Waals surface area contributed by atoms with Crippen LogP contribution in [0, 0.1) is 0 Å². The van der Waals surface area contributed by atoms with Gasteiger partial charge in [-0.05, 0) is 31.4 Å². The Morgan fingerprint density at radius 2 is 2.28 bits per heavy atom. The molecule has 0 spiro atoms. The Balaban J connectivity index is 1.82. The predicted octanol–water partition coefficient (Wildman–Crippen LogP) is 1.73. The first-order chi connectivity index (χ1) is 8.61. The van der Waals surface area contributed by atoms with Crippen molar-refractivity contribution < 1.29 is 14.6 Å². The Labute approximate surface area is 106 Å². The minimum absolute atomic E-state index is 0.294. The molecule has 3 N–H and O–H groups in total. The molecule has 0 unspecified atom stereocenters. The third kappa shape index (κ3) is 3.13. The number of urea groups is 1. The van der Waals surface area contributed by atoms with Gasteiger partial charge in [-0.15, -0.1) is 0 Å². The molecule has 0 bridgehead atoms. The summed E-state index contributed by atoms with van der Waals surface area (Å²) in [5.74, 6) is 0.686. The molecule has 5 heteroatoms. The van der Waals surface area contributed by atoms with Gasteiger partial charge in [0.2, 0.25) is 0 Å². The van der Waals surface area contributed by atoms with Crippen LogP contribution in [0.1, 0.15) is 19.3 Å². The van der Waals surface area contributed by atoms with Gasteiger partial charge in [-0.25, -0.2) is 4.79 Å². The van der Waals surface area contributed by atoms with Crippen molar-refractivity contribution in [3.8, 4) is 5.75 Å². The van der Waals surface area contributed by atoms with Gasteiger partial charge in [-0.3, -0.25) is 0 Å². The van der Waals surface area contributed by atoms with Crippen LogP contribution in [-0.4, -0.2) is 30.4 Å². The van der Waals surface area contributed by atoms with E-state index in [9.17, 15) is 9.90 Å². The van der Waals surface area contributed by atoms with Gasteiger partial charge in [0.15, 0.2) is 0 Å². The summed E-state index contributed by atoms with van der Waals surface area (Å²) in [7, 11) is 1.57. The number of aliphatic hydroxyl groups is 1. The van der Waals surface area contributed by atoms with E-state index in [0.717, 1.165) is 19.3 Å². The second kappa shape index (κ2) is 5.27. The molecule has 1 fully saturated rings. The molecule has 0 radical (unpaired) electrons. The lowest BCUT2D eigenvalue weighted by molar-refractivity contribution is -0.0287. The van der Waals surface area contributed by atoms with E-state index in [1.165, 1.54) is 0 Å². The molecule has 1 aliphatic rings. The minimum Gasteiger partial charge on any atom is -0.497 e. The second-order valence-corrected chi connectivity index (χ2v) is 4.62. The van der Waals surface area contributed by atoms with Crippen LogP contribution in [0.25, 0.3) is 0 Å². The molecule has 2 amide bonds. The Hall–Kier alpha value is -1.75. The number of ether oxygens (including phenoxy) is 1. The number of hydrogen-bond acceptors (Lipinski definition) is 3. The zero-order valence-electron chi connectivity index (χ0n) is 10.4. The normalized spacial score (nSPS) is 16.6. The van der Waals surface area contributed by atoms with Crippen molar-refractivity contribution in [3.05, 3.63) is 24.3 Å². The van der Waals surface area contributed by atoms with Gasteiger partial charge in [0.1, 0.15) is 5.75 Å². The van der Waals surface area contributed by atoms with Crippen LogP contribution in [-0.2, 0) is 0 Å². The molecule has 2 rings (SSSR count). The average molecular weight is 250 g/mol. The molecule has 0 heterocycles. The molecule has 18 heavy (non-hydrogen) atoms. The standard InChI is InChI=1S/C13H18N2O3/c1-18-11-5-2-4-10(8-11)15-12(16)14-9-13(17)6-3-7-13/h2,4-5,8,17H,3,6-7,9H2,1H3,(H2,14,15,16). The van der Waals surface area contributed by atoms with Crippen LogP contribution in [0.3, 0.4) is 0 Å². The van der Waals surface area contributed by atoms with E-state index in [4.69, 9.17) is 4.74 Å². The van der Waals surface area contributed by atoms with Crippen molar-refractivity contribution in [1.29, 1.82) is 0 Å². The molecule has 1 aromatic rings. The maximum Gasteiger partial charge on any atom is 0.319 e. The number of amides is 2. The summed E-state index contributed by atoms with van der Waals surface area (Å²) >= 11 is 0. The summed E-state index contributed by atoms with van der Waals surface area (Å²) in [6.07, 6.45) is 2.54. The fraction of sp³-hybridized carbons (Fsp3) is 0.462. The van der Waals surface area contributed by atoms with Crippen molar-refractivity contribution in [3.63, 3.8) is 0 Å². The Morgan fingerprint density at radius 1 is 1.50 bits per heavy atom. The van der Waals surface area contributed by atoms with Crippen LogP contribution in [0.4, 0.5) is 10.5 Å². The highest BCUT2D eigenvalue weighted by molar-refractivity contribution is 5.89. The summed E-state index contributed by atoms with van der Waals surface area (Å²) in [5.41, 5.74) is -0.0430. The molecular formula is C13H18N2O3. The zero-order chi connectivity index (χ0) is 13.0. The van der Waals surface area contributed by atoms with Crippen molar-refractivity contribution >= 4 is 11.7 Å². The fourth-order valence-corrected chi connectivity index (χ4v) is 1.88. The van der Waals surface area contributed by atoms with Crippen LogP contribution in [0.15, 0.2) is 24.3 Å². The number of hydrogen-bond donors (Lipinski definition) is 3. The van der Waals surface area contributed by atoms with E-state index in [2.05, 4.69) is 10.6 Å². The van der Waals surface area contributed by atoms with E-state index in [1.807, 2.05) is 0 Å². The lowest BCUT2D eigenvalue weighted by Crippen LogP contribution is -2.48. The predicted molar refractivity (Wildman–Crippen MR) is 68.8 cm³/mol. The van der Waals surface area contributed by atoms with Crippen molar-refractivity contribution in [1.82, 2.24) is 5.32 Å². The molecular weight excluding hydrogens is 232 g/mol. The largest absolute Gasteiger partial charge is 0.497 e. The number of benzene rings is 1. The highest BCUT2D eigenvalue weighted by Gasteiger charge is 2.34. The minimum atomic E-state index is -0.703. The van der Waals surface area contributed by atoms with Gasteiger partial charge in [-0.2, -0.15) is 0 Å². The third-order valence-electron chi connectivity index (χ3n) is 3.19. The van der Waals surface area contributed by atoms with E-state index >= 15 is 0 Å². The topological polar surface area (TPSA) is 70.6 Å². The van der Waals surface area contributed by atoms with Crippen molar-refractivity contribution in [2.24, 2.45) is 0 Å². The van der Waals surface area contributed by atoms with E-state index in [1.54, 1.807) is 31.4 Å². The molecule has 1 saturated carbocycles. The molecule has 0 saturated heterocycles. The van der Waals surface area contributed by atoms with Gasteiger partial charge in [-0.1, -0.05) is 6.07 Å². The molecule has 1 aliphatic carbocycles. The molecule has 0 aromatic heterocycles. The van der Waals surface area contributed by atoms with Crippen molar-refractivity contribution in [2.75, 3.05) is 19.0 Å². The Morgan fingerprint density at radius 3 is 2.89 bits per heavy atom. The number of nitrogens with one attached hydrogen (secondary N) is 2. The van der Waals surface area contributed by atoms with E-state index < -0.39 is 5.60 Å². The highest BCUT2D eigenvalue weighted by atomic mass is 16.5. The van der Waals surface area contributed by atoms with Crippen molar-refractivity contribution in [2.45, 2.75) is 24.9 Å². The first-order valence-corrected chi connectivity index (χ1v) is 6.03. The monoisotopic (exact) mass is 250 g/mol. The van der Waals surface area contributed by atoms with Gasteiger partial charge in [0.25, 0.3) is 0 Å². The number of anilines is 1. The highest BCUT2D eigenvalue weighted by Crippen LogP contribution is 2.30. The first-order valence-electron chi connectivity index (χ1n) is 6.03.